The van der Waals surface area contributed by atoms with Crippen molar-refractivity contribution in [2.45, 2.75) is 37.2 Å². The molecule has 1 atom stereocenters. The van der Waals surface area contributed by atoms with Crippen LogP contribution in [0.3, 0.4) is 0 Å². The van der Waals surface area contributed by atoms with Gasteiger partial charge in [-0.25, -0.2) is 8.42 Å². The first-order chi connectivity index (χ1) is 8.46. The summed E-state index contributed by atoms with van der Waals surface area (Å²) in [4.78, 5) is 0.319. The second-order valence-electron chi connectivity index (χ2n) is 4.58. The van der Waals surface area contributed by atoms with Gasteiger partial charge in [-0.1, -0.05) is 6.07 Å². The third-order valence-electron chi connectivity index (χ3n) is 3.31. The quantitative estimate of drug-likeness (QED) is 0.921. The van der Waals surface area contributed by atoms with E-state index in [0.717, 1.165) is 18.4 Å². The fourth-order valence-electron chi connectivity index (χ4n) is 2.26. The van der Waals surface area contributed by atoms with Gasteiger partial charge < -0.3 is 5.73 Å². The van der Waals surface area contributed by atoms with Crippen molar-refractivity contribution in [1.82, 2.24) is 4.31 Å². The lowest BCUT2D eigenvalue weighted by molar-refractivity contribution is 0.408. The molecule has 0 aromatic heterocycles. The summed E-state index contributed by atoms with van der Waals surface area (Å²) in [6.07, 6.45) is 1.85. The summed E-state index contributed by atoms with van der Waals surface area (Å²) in [5.41, 5.74) is 6.39. The maximum atomic E-state index is 12.6. The van der Waals surface area contributed by atoms with Gasteiger partial charge >= 0.3 is 0 Å². The Bertz CT molecular complexity index is 545. The normalized spacial score (nSPS) is 21.4. The fourth-order valence-corrected chi connectivity index (χ4v) is 4.94. The first-order valence-corrected chi connectivity index (χ1v) is 8.20. The highest BCUT2D eigenvalue weighted by Crippen LogP contribution is 2.30. The zero-order chi connectivity index (χ0) is 13.3. The molecule has 1 unspecified atom stereocenters. The number of nitrogens with two attached hydrogens (primary N) is 1. The van der Waals surface area contributed by atoms with Crippen LogP contribution in [0, 0.1) is 0 Å². The van der Waals surface area contributed by atoms with Crippen LogP contribution >= 0.6 is 15.9 Å². The third-order valence-corrected chi connectivity index (χ3v) is 6.32. The van der Waals surface area contributed by atoms with Crippen LogP contribution in [0.1, 0.15) is 25.3 Å². The third kappa shape index (κ3) is 2.47. The molecule has 0 amide bonds. The van der Waals surface area contributed by atoms with E-state index in [1.807, 2.05) is 13.0 Å². The van der Waals surface area contributed by atoms with Crippen LogP contribution in [0.5, 0.6) is 0 Å². The van der Waals surface area contributed by atoms with E-state index >= 15 is 0 Å². The molecule has 1 aliphatic heterocycles. The predicted molar refractivity (Wildman–Crippen MR) is 74.6 cm³/mol. The van der Waals surface area contributed by atoms with Gasteiger partial charge in [0.05, 0.1) is 4.90 Å². The molecule has 4 nitrogen and oxygen atoms in total. The van der Waals surface area contributed by atoms with Crippen molar-refractivity contribution < 1.29 is 8.42 Å². The molecule has 1 aliphatic rings. The van der Waals surface area contributed by atoms with Gasteiger partial charge in [0.15, 0.2) is 0 Å². The van der Waals surface area contributed by atoms with Gasteiger partial charge in [0.1, 0.15) is 0 Å². The Morgan fingerprint density at radius 1 is 1.50 bits per heavy atom. The maximum absolute atomic E-state index is 12.6. The van der Waals surface area contributed by atoms with Gasteiger partial charge in [0, 0.05) is 23.6 Å². The SMILES string of the molecule is CC1CCCN1S(=O)(=O)c1cc(CN)ccc1Br. The van der Waals surface area contributed by atoms with E-state index in [0.29, 0.717) is 22.5 Å². The molecule has 1 saturated heterocycles. The van der Waals surface area contributed by atoms with Gasteiger partial charge in [-0.3, -0.25) is 0 Å². The van der Waals surface area contributed by atoms with Crippen molar-refractivity contribution in [3.05, 3.63) is 28.2 Å². The van der Waals surface area contributed by atoms with Crippen LogP contribution in [0.15, 0.2) is 27.6 Å². The second kappa shape index (κ2) is 5.28. The summed E-state index contributed by atoms with van der Waals surface area (Å²) in [6, 6.07) is 5.31. The van der Waals surface area contributed by atoms with E-state index < -0.39 is 10.0 Å². The molecule has 0 bridgehead atoms. The van der Waals surface area contributed by atoms with Crippen molar-refractivity contribution >= 4 is 26.0 Å². The average Bonchev–Trinajstić information content (AvgIpc) is 2.76. The van der Waals surface area contributed by atoms with Crippen LogP contribution < -0.4 is 5.73 Å². The highest BCUT2D eigenvalue weighted by atomic mass is 79.9. The molecule has 0 aliphatic carbocycles. The largest absolute Gasteiger partial charge is 0.326 e. The van der Waals surface area contributed by atoms with Gasteiger partial charge in [0.25, 0.3) is 0 Å². The zero-order valence-corrected chi connectivity index (χ0v) is 12.7. The molecule has 18 heavy (non-hydrogen) atoms. The van der Waals surface area contributed by atoms with E-state index in [1.165, 1.54) is 0 Å². The van der Waals surface area contributed by atoms with Gasteiger partial charge in [-0.2, -0.15) is 4.31 Å². The zero-order valence-electron chi connectivity index (χ0n) is 10.3. The van der Waals surface area contributed by atoms with Crippen LogP contribution in [0.4, 0.5) is 0 Å². The van der Waals surface area contributed by atoms with E-state index in [9.17, 15) is 8.42 Å². The molecular weight excluding hydrogens is 316 g/mol. The number of benzene rings is 1. The molecular formula is C12H17BrN2O2S. The molecule has 2 rings (SSSR count). The first kappa shape index (κ1) is 14.0. The van der Waals surface area contributed by atoms with Gasteiger partial charge in [-0.15, -0.1) is 0 Å². The Morgan fingerprint density at radius 2 is 2.22 bits per heavy atom. The summed E-state index contributed by atoms with van der Waals surface area (Å²) in [6.45, 7) is 2.89. The number of nitrogens with zero attached hydrogens (tertiary/aromatic N) is 1. The standard InChI is InChI=1S/C12H17BrN2O2S/c1-9-3-2-6-15(9)18(16,17)12-7-10(8-14)4-5-11(12)13/h4-5,7,9H,2-3,6,8,14H2,1H3. The molecule has 1 heterocycles. The minimum atomic E-state index is -3.42. The Hall–Kier alpha value is -0.430. The van der Waals surface area contributed by atoms with Crippen LogP contribution in [0.2, 0.25) is 0 Å². The minimum absolute atomic E-state index is 0.0726. The lowest BCUT2D eigenvalue weighted by atomic mass is 10.2. The fraction of sp³-hybridized carbons (Fsp3) is 0.500. The monoisotopic (exact) mass is 332 g/mol. The number of halogens is 1. The first-order valence-electron chi connectivity index (χ1n) is 5.97. The number of sulfonamides is 1. The summed E-state index contributed by atoms with van der Waals surface area (Å²) >= 11 is 3.32. The molecule has 1 aromatic rings. The highest BCUT2D eigenvalue weighted by Gasteiger charge is 2.33. The molecule has 0 spiro atoms. The van der Waals surface area contributed by atoms with E-state index in [2.05, 4.69) is 15.9 Å². The van der Waals surface area contributed by atoms with Crippen molar-refractivity contribution in [3.63, 3.8) is 0 Å². The molecule has 6 heteroatoms. The topological polar surface area (TPSA) is 63.4 Å². The Labute approximate surface area is 116 Å². The van der Waals surface area contributed by atoms with Crippen LogP contribution in [-0.4, -0.2) is 25.3 Å². The number of rotatable bonds is 3. The Balaban J connectivity index is 2.46. The maximum Gasteiger partial charge on any atom is 0.244 e. The molecule has 100 valence electrons. The van der Waals surface area contributed by atoms with Gasteiger partial charge in [0.2, 0.25) is 10.0 Å². The molecule has 1 aromatic carbocycles. The van der Waals surface area contributed by atoms with Crippen molar-refractivity contribution in [1.29, 1.82) is 0 Å². The summed E-state index contributed by atoms with van der Waals surface area (Å²) < 4.78 is 27.4. The van der Waals surface area contributed by atoms with E-state index in [-0.39, 0.29) is 6.04 Å². The summed E-state index contributed by atoms with van der Waals surface area (Å²) in [5, 5.41) is 0. The lowest BCUT2D eigenvalue weighted by Crippen LogP contribution is -2.33. The van der Waals surface area contributed by atoms with Crippen LogP contribution in [-0.2, 0) is 16.6 Å². The van der Waals surface area contributed by atoms with E-state index in [1.54, 1.807) is 16.4 Å². The lowest BCUT2D eigenvalue weighted by Gasteiger charge is -2.22. The van der Waals surface area contributed by atoms with Gasteiger partial charge in [-0.05, 0) is 53.4 Å². The van der Waals surface area contributed by atoms with E-state index in [4.69, 9.17) is 5.73 Å². The smallest absolute Gasteiger partial charge is 0.244 e. The summed E-state index contributed by atoms with van der Waals surface area (Å²) in [5.74, 6) is 0. The molecule has 0 radical (unpaired) electrons. The molecule has 0 saturated carbocycles. The summed E-state index contributed by atoms with van der Waals surface area (Å²) in [7, 11) is -3.42. The number of hydrogen-bond acceptors (Lipinski definition) is 3. The Kier molecular flexibility index (Phi) is 4.11. The highest BCUT2D eigenvalue weighted by molar-refractivity contribution is 9.10. The molecule has 2 N–H and O–H groups in total. The molecule has 1 fully saturated rings. The minimum Gasteiger partial charge on any atom is -0.326 e. The predicted octanol–water partition coefficient (Wildman–Crippen LogP) is 2.08. The second-order valence-corrected chi connectivity index (χ2v) is 7.29. The van der Waals surface area contributed by atoms with Crippen molar-refractivity contribution in [2.24, 2.45) is 5.73 Å². The average molecular weight is 333 g/mol. The van der Waals surface area contributed by atoms with Crippen molar-refractivity contribution in [2.75, 3.05) is 6.54 Å². The Morgan fingerprint density at radius 3 is 2.78 bits per heavy atom. The van der Waals surface area contributed by atoms with Crippen LogP contribution in [0.25, 0.3) is 0 Å². The van der Waals surface area contributed by atoms with Crippen molar-refractivity contribution in [3.8, 4) is 0 Å². The number of hydrogen-bond donors (Lipinski definition) is 1.